The molecular formula is C9H21NOS. The largest absolute Gasteiger partial charge is 0.379 e. The van der Waals surface area contributed by atoms with E-state index in [2.05, 4.69) is 25.4 Å². The van der Waals surface area contributed by atoms with E-state index in [1.807, 2.05) is 11.8 Å². The van der Waals surface area contributed by atoms with E-state index in [0.29, 0.717) is 6.10 Å². The molecule has 0 radical (unpaired) electrons. The minimum absolute atomic E-state index is 0.371. The van der Waals surface area contributed by atoms with E-state index in [9.17, 15) is 0 Å². The lowest BCUT2D eigenvalue weighted by Crippen LogP contribution is -2.20. The van der Waals surface area contributed by atoms with Crippen molar-refractivity contribution in [2.24, 2.45) is 0 Å². The molecule has 0 fully saturated rings. The van der Waals surface area contributed by atoms with Crippen molar-refractivity contribution in [2.45, 2.75) is 26.4 Å². The van der Waals surface area contributed by atoms with Crippen LogP contribution in [0.4, 0.5) is 0 Å². The predicted octanol–water partition coefficient (Wildman–Crippen LogP) is 1.75. The fraction of sp³-hybridized carbons (Fsp3) is 1.00. The number of ether oxygens (including phenoxy) is 1. The van der Waals surface area contributed by atoms with Gasteiger partial charge in [-0.05, 0) is 33.1 Å². The Morgan fingerprint density at radius 3 is 2.67 bits per heavy atom. The molecule has 0 heterocycles. The molecule has 0 bridgehead atoms. The predicted molar refractivity (Wildman–Crippen MR) is 57.0 cm³/mol. The molecule has 0 amide bonds. The standard InChI is InChI=1S/C9H21NOS/c1-9(2)11-7-4-5-10-6-8-12-3/h9-10H,4-8H2,1-3H3. The highest BCUT2D eigenvalue weighted by Gasteiger charge is 1.92. The molecule has 0 spiro atoms. The highest BCUT2D eigenvalue weighted by atomic mass is 32.2. The maximum absolute atomic E-state index is 5.40. The summed E-state index contributed by atoms with van der Waals surface area (Å²) in [6.45, 7) is 7.21. The lowest BCUT2D eigenvalue weighted by atomic mass is 10.4. The van der Waals surface area contributed by atoms with Crippen LogP contribution in [0.3, 0.4) is 0 Å². The molecular weight excluding hydrogens is 170 g/mol. The number of hydrogen-bond donors (Lipinski definition) is 1. The Morgan fingerprint density at radius 1 is 1.33 bits per heavy atom. The Hall–Kier alpha value is 0.270. The summed E-state index contributed by atoms with van der Waals surface area (Å²) in [5.41, 5.74) is 0. The molecule has 3 heteroatoms. The summed E-state index contributed by atoms with van der Waals surface area (Å²) in [4.78, 5) is 0. The monoisotopic (exact) mass is 191 g/mol. The average Bonchev–Trinajstić information content (AvgIpc) is 2.02. The highest BCUT2D eigenvalue weighted by molar-refractivity contribution is 7.98. The lowest BCUT2D eigenvalue weighted by Gasteiger charge is -2.07. The van der Waals surface area contributed by atoms with Crippen LogP contribution < -0.4 is 5.32 Å². The number of rotatable bonds is 8. The third kappa shape index (κ3) is 10.3. The first-order chi connectivity index (χ1) is 5.77. The second-order valence-electron chi connectivity index (χ2n) is 3.02. The van der Waals surface area contributed by atoms with Crippen molar-refractivity contribution in [2.75, 3.05) is 31.7 Å². The van der Waals surface area contributed by atoms with Gasteiger partial charge in [0.15, 0.2) is 0 Å². The Kier molecular flexibility index (Phi) is 9.57. The minimum atomic E-state index is 0.371. The van der Waals surface area contributed by atoms with Crippen LogP contribution in [0.15, 0.2) is 0 Å². The van der Waals surface area contributed by atoms with E-state index < -0.39 is 0 Å². The molecule has 1 N–H and O–H groups in total. The van der Waals surface area contributed by atoms with Gasteiger partial charge >= 0.3 is 0 Å². The smallest absolute Gasteiger partial charge is 0.0518 e. The highest BCUT2D eigenvalue weighted by Crippen LogP contribution is 1.90. The molecule has 0 saturated heterocycles. The van der Waals surface area contributed by atoms with Gasteiger partial charge in [-0.25, -0.2) is 0 Å². The van der Waals surface area contributed by atoms with Crippen molar-refractivity contribution in [3.63, 3.8) is 0 Å². The fourth-order valence-corrected chi connectivity index (χ4v) is 1.16. The molecule has 0 aliphatic heterocycles. The summed E-state index contributed by atoms with van der Waals surface area (Å²) in [6, 6.07) is 0. The fourth-order valence-electron chi connectivity index (χ4n) is 0.815. The van der Waals surface area contributed by atoms with E-state index in [1.54, 1.807) is 0 Å². The normalized spacial score (nSPS) is 11.0. The van der Waals surface area contributed by atoms with Gasteiger partial charge < -0.3 is 10.1 Å². The molecule has 0 aliphatic carbocycles. The average molecular weight is 191 g/mol. The number of nitrogens with one attached hydrogen (secondary N) is 1. The van der Waals surface area contributed by atoms with Crippen LogP contribution in [0.2, 0.25) is 0 Å². The quantitative estimate of drug-likeness (QED) is 0.591. The second kappa shape index (κ2) is 9.36. The summed E-state index contributed by atoms with van der Waals surface area (Å²) in [5.74, 6) is 1.20. The molecule has 2 nitrogen and oxygen atoms in total. The zero-order valence-corrected chi connectivity index (χ0v) is 9.25. The summed E-state index contributed by atoms with van der Waals surface area (Å²) in [5, 5.41) is 3.36. The minimum Gasteiger partial charge on any atom is -0.379 e. The van der Waals surface area contributed by atoms with Gasteiger partial charge in [0.25, 0.3) is 0 Å². The Labute approximate surface area is 80.4 Å². The Bertz CT molecular complexity index is 88.6. The molecule has 0 rings (SSSR count). The molecule has 0 atom stereocenters. The first kappa shape index (κ1) is 12.3. The molecule has 12 heavy (non-hydrogen) atoms. The van der Waals surface area contributed by atoms with Crippen LogP contribution in [0, 0.1) is 0 Å². The number of thioether (sulfide) groups is 1. The van der Waals surface area contributed by atoms with Crippen molar-refractivity contribution < 1.29 is 4.74 Å². The summed E-state index contributed by atoms with van der Waals surface area (Å²) >= 11 is 1.88. The van der Waals surface area contributed by atoms with Gasteiger partial charge in [-0.1, -0.05) is 0 Å². The Morgan fingerprint density at radius 2 is 2.08 bits per heavy atom. The van der Waals surface area contributed by atoms with E-state index in [4.69, 9.17) is 4.74 Å². The van der Waals surface area contributed by atoms with Crippen LogP contribution in [0.5, 0.6) is 0 Å². The van der Waals surface area contributed by atoms with Gasteiger partial charge in [0, 0.05) is 18.9 Å². The molecule has 0 saturated carbocycles. The van der Waals surface area contributed by atoms with E-state index in [0.717, 1.165) is 26.1 Å². The Balaban J connectivity index is 2.82. The molecule has 0 aromatic heterocycles. The summed E-state index contributed by atoms with van der Waals surface area (Å²) in [7, 11) is 0. The van der Waals surface area contributed by atoms with Gasteiger partial charge in [0.2, 0.25) is 0 Å². The van der Waals surface area contributed by atoms with E-state index in [1.165, 1.54) is 5.75 Å². The van der Waals surface area contributed by atoms with Gasteiger partial charge in [-0.15, -0.1) is 0 Å². The van der Waals surface area contributed by atoms with Crippen LogP contribution in [0.25, 0.3) is 0 Å². The van der Waals surface area contributed by atoms with Gasteiger partial charge in [-0.2, -0.15) is 11.8 Å². The molecule has 74 valence electrons. The van der Waals surface area contributed by atoms with E-state index >= 15 is 0 Å². The zero-order valence-electron chi connectivity index (χ0n) is 8.43. The van der Waals surface area contributed by atoms with Crippen LogP contribution in [-0.2, 0) is 4.74 Å². The molecule has 0 unspecified atom stereocenters. The summed E-state index contributed by atoms with van der Waals surface area (Å²) in [6.07, 6.45) is 3.62. The van der Waals surface area contributed by atoms with Crippen LogP contribution in [0.1, 0.15) is 20.3 Å². The zero-order chi connectivity index (χ0) is 9.23. The van der Waals surface area contributed by atoms with Crippen LogP contribution in [-0.4, -0.2) is 37.8 Å². The van der Waals surface area contributed by atoms with E-state index in [-0.39, 0.29) is 0 Å². The molecule has 0 aromatic carbocycles. The van der Waals surface area contributed by atoms with Crippen molar-refractivity contribution >= 4 is 11.8 Å². The van der Waals surface area contributed by atoms with Gasteiger partial charge in [0.1, 0.15) is 0 Å². The first-order valence-electron chi connectivity index (χ1n) is 4.58. The SMILES string of the molecule is CSCCNCCCOC(C)C. The van der Waals surface area contributed by atoms with Crippen molar-refractivity contribution in [3.05, 3.63) is 0 Å². The van der Waals surface area contributed by atoms with Crippen molar-refractivity contribution in [1.29, 1.82) is 0 Å². The molecule has 0 aliphatic rings. The van der Waals surface area contributed by atoms with Crippen LogP contribution >= 0.6 is 11.8 Å². The molecule has 0 aromatic rings. The number of hydrogen-bond acceptors (Lipinski definition) is 3. The third-order valence-electron chi connectivity index (χ3n) is 1.43. The van der Waals surface area contributed by atoms with Gasteiger partial charge in [0.05, 0.1) is 6.10 Å². The lowest BCUT2D eigenvalue weighted by molar-refractivity contribution is 0.0772. The maximum Gasteiger partial charge on any atom is 0.0518 e. The van der Waals surface area contributed by atoms with Crippen molar-refractivity contribution in [3.8, 4) is 0 Å². The summed E-state index contributed by atoms with van der Waals surface area (Å²) < 4.78 is 5.40. The third-order valence-corrected chi connectivity index (χ3v) is 2.04. The maximum atomic E-state index is 5.40. The van der Waals surface area contributed by atoms with Crippen molar-refractivity contribution in [1.82, 2.24) is 5.32 Å². The van der Waals surface area contributed by atoms with Gasteiger partial charge in [-0.3, -0.25) is 0 Å². The second-order valence-corrected chi connectivity index (χ2v) is 4.00. The topological polar surface area (TPSA) is 21.3 Å². The first-order valence-corrected chi connectivity index (χ1v) is 5.98.